The highest BCUT2D eigenvalue weighted by atomic mass is 32.2. The lowest BCUT2D eigenvalue weighted by molar-refractivity contribution is 0.588. The number of thiol groups is 1. The van der Waals surface area contributed by atoms with Gasteiger partial charge in [-0.1, -0.05) is 186 Å². The van der Waals surface area contributed by atoms with Gasteiger partial charge in [0.25, 0.3) is 0 Å². The molecule has 0 spiro atoms. The maximum absolute atomic E-state index is 2.60. The summed E-state index contributed by atoms with van der Waals surface area (Å²) in [5.41, 5.74) is 19.2. The molecule has 75 heavy (non-hydrogen) atoms. The van der Waals surface area contributed by atoms with Crippen LogP contribution in [0.1, 0.15) is 105 Å². The Bertz CT molecular complexity index is 3620. The van der Waals surface area contributed by atoms with Crippen molar-refractivity contribution < 1.29 is 0 Å². The predicted octanol–water partition coefficient (Wildman–Crippen LogP) is 20.5. The number of aromatic nitrogens is 1. The van der Waals surface area contributed by atoms with Crippen LogP contribution in [0.3, 0.4) is 0 Å². The van der Waals surface area contributed by atoms with Gasteiger partial charge in [-0.2, -0.15) is 10.9 Å². The quantitative estimate of drug-likeness (QED) is 0.167. The summed E-state index contributed by atoms with van der Waals surface area (Å²) >= 11 is 0. The summed E-state index contributed by atoms with van der Waals surface area (Å²) in [4.78, 5) is 11.8. The second kappa shape index (κ2) is 17.6. The van der Waals surface area contributed by atoms with Crippen molar-refractivity contribution in [2.45, 2.75) is 119 Å². The first-order chi connectivity index (χ1) is 35.8. The molecule has 0 saturated heterocycles. The van der Waals surface area contributed by atoms with E-state index in [-0.39, 0.29) is 21.7 Å². The number of rotatable bonds is 6. The molecule has 0 unspecified atom stereocenters. The van der Waals surface area contributed by atoms with Gasteiger partial charge in [0.2, 0.25) is 0 Å². The minimum atomic E-state index is -1.08. The van der Waals surface area contributed by atoms with Gasteiger partial charge in [0, 0.05) is 48.2 Å². The molecule has 10 aromatic rings. The fraction of sp³-hybridized carbons (Fsp3) is 0.229. The monoisotopic (exact) mass is 999 g/mol. The lowest BCUT2D eigenvalue weighted by atomic mass is 9.86. The van der Waals surface area contributed by atoms with E-state index in [4.69, 9.17) is 0 Å². The smallest absolute Gasteiger partial charge is 0.0782 e. The molecule has 0 aliphatic carbocycles. The van der Waals surface area contributed by atoms with E-state index in [0.717, 1.165) is 45.2 Å². The third kappa shape index (κ3) is 8.22. The van der Waals surface area contributed by atoms with Crippen LogP contribution >= 0.6 is 10.9 Å². The molecule has 12 rings (SSSR count). The molecule has 0 amide bonds. The predicted molar refractivity (Wildman–Crippen MR) is 323 cm³/mol. The second-order valence-corrected chi connectivity index (χ2v) is 27.0. The molecule has 376 valence electrons. The molecule has 2 aliphatic rings. The van der Waals surface area contributed by atoms with Gasteiger partial charge in [0.1, 0.15) is 0 Å². The first-order valence-corrected chi connectivity index (χ1v) is 28.1. The van der Waals surface area contributed by atoms with E-state index in [1.54, 1.807) is 0 Å². The summed E-state index contributed by atoms with van der Waals surface area (Å²) in [6.07, 6.45) is 0. The van der Waals surface area contributed by atoms with Gasteiger partial charge in [-0.15, -0.1) is 0 Å². The van der Waals surface area contributed by atoms with Crippen molar-refractivity contribution in [2.75, 3.05) is 14.7 Å². The molecule has 3 heterocycles. The van der Waals surface area contributed by atoms with E-state index in [0.29, 0.717) is 0 Å². The molecule has 0 saturated carbocycles. The molecule has 0 bridgehead atoms. The van der Waals surface area contributed by atoms with Crippen LogP contribution in [0.2, 0.25) is 0 Å². The zero-order valence-corrected chi connectivity index (χ0v) is 46.7. The average molecular weight is 999 g/mol. The van der Waals surface area contributed by atoms with E-state index >= 15 is 0 Å². The van der Waals surface area contributed by atoms with Crippen molar-refractivity contribution in [3.05, 3.63) is 222 Å². The lowest BCUT2D eigenvalue weighted by Gasteiger charge is -2.47. The standard InChI is InChI=1S/C70H70N4S/c1-67(2,3)46-30-36-52(37-31-46)72-58-40-34-48(69(7,8)9)42-63(58)75-64-43-49(70(10,11)12)35-41-59(64)73(53-38-32-47(33-39-53)68(4,5)6)62-45-54(44-61(72)66(62)75)74-57-28-20-19-26-55(57)56-27-21-29-60(65(56)74)71(50-22-15-13-16-23-50)51-24-17-14-18-25-51/h13-45,75H,1-12H3. The lowest BCUT2D eigenvalue weighted by Crippen LogP contribution is -2.25. The molecule has 0 N–H and O–H groups in total. The molecule has 0 atom stereocenters. The molecular weight excluding hydrogens is 929 g/mol. The first kappa shape index (κ1) is 48.5. The number of anilines is 9. The van der Waals surface area contributed by atoms with Crippen LogP contribution in [0.25, 0.3) is 27.5 Å². The average Bonchev–Trinajstić information content (AvgIpc) is 3.76. The van der Waals surface area contributed by atoms with Gasteiger partial charge in [-0.25, -0.2) is 0 Å². The van der Waals surface area contributed by atoms with Crippen molar-refractivity contribution in [1.29, 1.82) is 0 Å². The van der Waals surface area contributed by atoms with Gasteiger partial charge in [0.05, 0.1) is 45.2 Å². The highest BCUT2D eigenvalue weighted by Crippen LogP contribution is 2.72. The second-order valence-electron chi connectivity index (χ2n) is 24.9. The minimum absolute atomic E-state index is 0.00643. The Kier molecular flexibility index (Phi) is 11.4. The zero-order chi connectivity index (χ0) is 52.3. The minimum Gasteiger partial charge on any atom is -0.308 e. The Labute approximate surface area is 448 Å². The number of hydrogen-bond donors (Lipinski definition) is 1. The Morgan fingerprint density at radius 2 is 0.760 bits per heavy atom. The summed E-state index contributed by atoms with van der Waals surface area (Å²) in [7, 11) is -1.08. The van der Waals surface area contributed by atoms with Gasteiger partial charge >= 0.3 is 0 Å². The molecule has 9 aromatic carbocycles. The molecular formula is C70H70N4S. The molecule has 0 fully saturated rings. The van der Waals surface area contributed by atoms with Crippen LogP contribution in [0.5, 0.6) is 0 Å². The summed E-state index contributed by atoms with van der Waals surface area (Å²) in [5.74, 6) is 0. The van der Waals surface area contributed by atoms with Crippen molar-refractivity contribution in [3.63, 3.8) is 0 Å². The highest BCUT2D eigenvalue weighted by molar-refractivity contribution is 8.17. The number of para-hydroxylation sites is 4. The van der Waals surface area contributed by atoms with Crippen LogP contribution in [-0.4, -0.2) is 4.57 Å². The molecule has 5 heteroatoms. The molecule has 4 nitrogen and oxygen atoms in total. The van der Waals surface area contributed by atoms with E-state index < -0.39 is 10.9 Å². The maximum atomic E-state index is 2.60. The number of fused-ring (bicyclic) bond motifs is 7. The zero-order valence-electron chi connectivity index (χ0n) is 45.8. The molecule has 0 radical (unpaired) electrons. The summed E-state index contributed by atoms with van der Waals surface area (Å²) in [5, 5.41) is 2.42. The Balaban J connectivity index is 1.24. The van der Waals surface area contributed by atoms with Crippen LogP contribution in [0.15, 0.2) is 215 Å². The van der Waals surface area contributed by atoms with Gasteiger partial charge in [-0.05, 0) is 141 Å². The first-order valence-electron chi connectivity index (χ1n) is 26.8. The van der Waals surface area contributed by atoms with Crippen LogP contribution in [0, 0.1) is 0 Å². The number of nitrogens with zero attached hydrogens (tertiary/aromatic N) is 4. The summed E-state index contributed by atoms with van der Waals surface area (Å²) < 4.78 is 2.57. The van der Waals surface area contributed by atoms with Crippen molar-refractivity contribution in [2.24, 2.45) is 0 Å². The van der Waals surface area contributed by atoms with Gasteiger partial charge < -0.3 is 19.3 Å². The van der Waals surface area contributed by atoms with E-state index in [2.05, 4.69) is 303 Å². The SMILES string of the molecule is CC(C)(C)c1ccc(N2c3ccc(C(C)(C)C)cc3[SH]3c4cc(C(C)(C)C)ccc4N(c4ccc(C(C)(C)C)cc4)c4cc(-n5c6ccccc6c6cccc(N(c7ccccc7)c7ccccc7)c65)cc2c43)cc1. The largest absolute Gasteiger partial charge is 0.308 e. The van der Waals surface area contributed by atoms with Crippen LogP contribution in [0.4, 0.5) is 51.2 Å². The summed E-state index contributed by atoms with van der Waals surface area (Å²) in [6, 6.07) is 76.2. The van der Waals surface area contributed by atoms with Crippen molar-refractivity contribution in [3.8, 4) is 5.69 Å². The summed E-state index contributed by atoms with van der Waals surface area (Å²) in [6.45, 7) is 28.0. The Hall–Kier alpha value is -7.47. The van der Waals surface area contributed by atoms with Gasteiger partial charge in [0.15, 0.2) is 0 Å². The fourth-order valence-electron chi connectivity index (χ4n) is 11.4. The normalized spacial score (nSPS) is 14.0. The number of hydrogen-bond acceptors (Lipinski definition) is 3. The van der Waals surface area contributed by atoms with Gasteiger partial charge in [-0.3, -0.25) is 0 Å². The highest BCUT2D eigenvalue weighted by Gasteiger charge is 2.41. The Morgan fingerprint density at radius 1 is 0.347 bits per heavy atom. The number of benzene rings is 9. The van der Waals surface area contributed by atoms with E-state index in [1.807, 2.05) is 0 Å². The third-order valence-corrected chi connectivity index (χ3v) is 18.2. The molecule has 1 aromatic heterocycles. The van der Waals surface area contributed by atoms with Crippen LogP contribution in [-0.2, 0) is 21.7 Å². The van der Waals surface area contributed by atoms with Crippen molar-refractivity contribution >= 4 is 83.9 Å². The van der Waals surface area contributed by atoms with Crippen molar-refractivity contribution in [1.82, 2.24) is 4.57 Å². The Morgan fingerprint density at radius 3 is 1.21 bits per heavy atom. The fourth-order valence-corrected chi connectivity index (χ4v) is 14.3. The topological polar surface area (TPSA) is 14.7 Å². The van der Waals surface area contributed by atoms with E-state index in [9.17, 15) is 0 Å². The van der Waals surface area contributed by atoms with Crippen LogP contribution < -0.4 is 14.7 Å². The maximum Gasteiger partial charge on any atom is 0.0782 e. The third-order valence-electron chi connectivity index (χ3n) is 15.6. The van der Waals surface area contributed by atoms with E-state index in [1.165, 1.54) is 70.5 Å². The molecule has 2 aliphatic heterocycles.